The third-order valence-corrected chi connectivity index (χ3v) is 2.33. The first-order valence-corrected chi connectivity index (χ1v) is 5.15. The van der Waals surface area contributed by atoms with Crippen LogP contribution in [0.4, 0.5) is 0 Å². The van der Waals surface area contributed by atoms with Gasteiger partial charge in [-0.15, -0.1) is 0 Å². The number of hydrogen-bond donors (Lipinski definition) is 1. The van der Waals surface area contributed by atoms with Crippen LogP contribution in [0.5, 0.6) is 0 Å². The maximum Gasteiger partial charge on any atom is 0.234 e. The van der Waals surface area contributed by atoms with Gasteiger partial charge in [0.2, 0.25) is 11.3 Å². The number of ether oxygens (including phenoxy) is 1. The van der Waals surface area contributed by atoms with Crippen molar-refractivity contribution in [2.24, 2.45) is 0 Å². The van der Waals surface area contributed by atoms with Crippen LogP contribution in [0.2, 0.25) is 0 Å². The highest BCUT2D eigenvalue weighted by atomic mass is 32.2. The summed E-state index contributed by atoms with van der Waals surface area (Å²) in [5.74, 6) is 0. The van der Waals surface area contributed by atoms with Crippen molar-refractivity contribution >= 4 is 11.3 Å². The van der Waals surface area contributed by atoms with Crippen LogP contribution in [0.15, 0.2) is 0 Å². The summed E-state index contributed by atoms with van der Waals surface area (Å²) < 4.78 is 26.1. The highest BCUT2D eigenvalue weighted by Gasteiger charge is 2.12. The lowest BCUT2D eigenvalue weighted by Gasteiger charge is -2.19. The second-order valence-electron chi connectivity index (χ2n) is 2.48. The van der Waals surface area contributed by atoms with Gasteiger partial charge < -0.3 is 4.74 Å². The summed E-state index contributed by atoms with van der Waals surface area (Å²) in [4.78, 5) is 0. The zero-order valence-electron chi connectivity index (χ0n) is 7.82. The van der Waals surface area contributed by atoms with E-state index in [1.54, 1.807) is 0 Å². The summed E-state index contributed by atoms with van der Waals surface area (Å²) in [7, 11) is 0. The van der Waals surface area contributed by atoms with Crippen molar-refractivity contribution in [1.82, 2.24) is 4.31 Å². The van der Waals surface area contributed by atoms with Crippen molar-refractivity contribution in [3.8, 4) is 0 Å². The highest BCUT2D eigenvalue weighted by Crippen LogP contribution is 1.98. The van der Waals surface area contributed by atoms with E-state index >= 15 is 0 Å². The Morgan fingerprint density at radius 2 is 2.17 bits per heavy atom. The molecule has 0 fully saturated rings. The van der Waals surface area contributed by atoms with Gasteiger partial charge in [0.05, 0.1) is 6.10 Å². The van der Waals surface area contributed by atoms with Crippen molar-refractivity contribution in [3.05, 3.63) is 0 Å². The molecule has 5 heteroatoms. The Labute approximate surface area is 76.3 Å². The fraction of sp³-hybridized carbons (Fsp3) is 1.00. The van der Waals surface area contributed by atoms with E-state index in [0.29, 0.717) is 19.7 Å². The van der Waals surface area contributed by atoms with Crippen molar-refractivity contribution in [3.63, 3.8) is 0 Å². The zero-order chi connectivity index (χ0) is 9.56. The van der Waals surface area contributed by atoms with E-state index in [1.807, 2.05) is 20.8 Å². The van der Waals surface area contributed by atoms with Gasteiger partial charge in [-0.25, -0.2) is 4.21 Å². The first kappa shape index (κ1) is 12.0. The predicted octanol–water partition coefficient (Wildman–Crippen LogP) is 0.870. The van der Waals surface area contributed by atoms with E-state index in [-0.39, 0.29) is 6.10 Å². The minimum Gasteiger partial charge on any atom is -0.377 e. The molecule has 0 aromatic rings. The van der Waals surface area contributed by atoms with Gasteiger partial charge in [-0.05, 0) is 13.8 Å². The second kappa shape index (κ2) is 6.54. The Hall–Kier alpha value is 0.0300. The Bertz CT molecular complexity index is 143. The zero-order valence-corrected chi connectivity index (χ0v) is 8.63. The molecular formula is C7H17NO3S. The van der Waals surface area contributed by atoms with Gasteiger partial charge in [-0.3, -0.25) is 4.55 Å². The molecule has 0 aliphatic carbocycles. The molecule has 0 spiro atoms. The molecule has 1 unspecified atom stereocenters. The van der Waals surface area contributed by atoms with Crippen LogP contribution in [-0.2, 0) is 16.0 Å². The first-order chi connectivity index (χ1) is 5.61. The summed E-state index contributed by atoms with van der Waals surface area (Å²) in [6.07, 6.45) is 0.00560. The molecule has 12 heavy (non-hydrogen) atoms. The van der Waals surface area contributed by atoms with Gasteiger partial charge in [0.25, 0.3) is 0 Å². The lowest BCUT2D eigenvalue weighted by Crippen LogP contribution is -2.33. The SMILES string of the molecule is CCO[C@@H](C)CN(CC)S(=O)O. The minimum absolute atomic E-state index is 0.00560. The molecular weight excluding hydrogens is 178 g/mol. The second-order valence-corrected chi connectivity index (χ2v) is 3.46. The van der Waals surface area contributed by atoms with Gasteiger partial charge in [0, 0.05) is 19.7 Å². The largest absolute Gasteiger partial charge is 0.377 e. The van der Waals surface area contributed by atoms with Gasteiger partial charge in [0.1, 0.15) is 0 Å². The molecule has 0 saturated heterocycles. The van der Waals surface area contributed by atoms with Gasteiger partial charge >= 0.3 is 0 Å². The Morgan fingerprint density at radius 3 is 2.50 bits per heavy atom. The van der Waals surface area contributed by atoms with Gasteiger partial charge in [0.15, 0.2) is 0 Å². The molecule has 0 aliphatic heterocycles. The Balaban J connectivity index is 3.77. The fourth-order valence-corrected chi connectivity index (χ4v) is 1.49. The Morgan fingerprint density at radius 1 is 1.58 bits per heavy atom. The van der Waals surface area contributed by atoms with Crippen molar-refractivity contribution < 1.29 is 13.5 Å². The van der Waals surface area contributed by atoms with Crippen LogP contribution >= 0.6 is 0 Å². The van der Waals surface area contributed by atoms with Crippen molar-refractivity contribution in [2.45, 2.75) is 26.9 Å². The van der Waals surface area contributed by atoms with Crippen LogP contribution < -0.4 is 0 Å². The summed E-state index contributed by atoms with van der Waals surface area (Å²) in [5.41, 5.74) is 0. The molecule has 0 bridgehead atoms. The van der Waals surface area contributed by atoms with Crippen molar-refractivity contribution in [1.29, 1.82) is 0 Å². The van der Waals surface area contributed by atoms with Crippen LogP contribution in [-0.4, -0.2) is 38.9 Å². The van der Waals surface area contributed by atoms with E-state index in [9.17, 15) is 4.21 Å². The summed E-state index contributed by atoms with van der Waals surface area (Å²) in [5, 5.41) is 0. The lowest BCUT2D eigenvalue weighted by atomic mass is 10.4. The third kappa shape index (κ3) is 4.82. The normalized spacial score (nSPS) is 16.4. The maximum absolute atomic E-state index is 10.7. The lowest BCUT2D eigenvalue weighted by molar-refractivity contribution is 0.0628. The third-order valence-electron chi connectivity index (χ3n) is 1.49. The van der Waals surface area contributed by atoms with E-state index in [1.165, 1.54) is 4.31 Å². The molecule has 0 rings (SSSR count). The molecule has 0 heterocycles. The molecule has 0 aliphatic rings. The molecule has 0 amide bonds. The van der Waals surface area contributed by atoms with E-state index in [4.69, 9.17) is 9.29 Å². The molecule has 0 aromatic heterocycles. The topological polar surface area (TPSA) is 49.8 Å². The predicted molar refractivity (Wildman–Crippen MR) is 49.1 cm³/mol. The number of hydrogen-bond acceptors (Lipinski definition) is 2. The number of likely N-dealkylation sites (N-methyl/N-ethyl adjacent to an activating group) is 1. The minimum atomic E-state index is -1.87. The summed E-state index contributed by atoms with van der Waals surface area (Å²) in [6, 6.07) is 0. The first-order valence-electron chi connectivity index (χ1n) is 4.09. The number of nitrogens with zero attached hydrogens (tertiary/aromatic N) is 1. The fourth-order valence-electron chi connectivity index (χ4n) is 0.927. The molecule has 0 aromatic carbocycles. The average Bonchev–Trinajstić information content (AvgIpc) is 2.00. The molecule has 2 atom stereocenters. The van der Waals surface area contributed by atoms with Crippen LogP contribution in [0, 0.1) is 0 Å². The van der Waals surface area contributed by atoms with E-state index in [0.717, 1.165) is 0 Å². The molecule has 74 valence electrons. The average molecular weight is 195 g/mol. The van der Waals surface area contributed by atoms with Crippen LogP contribution in [0.1, 0.15) is 20.8 Å². The summed E-state index contributed by atoms with van der Waals surface area (Å²) in [6.45, 7) is 7.32. The monoisotopic (exact) mass is 195 g/mol. The standard InChI is InChI=1S/C7H17NO3S/c1-4-8(12(9)10)6-7(3)11-5-2/h7H,4-6H2,1-3H3,(H,9,10)/t7-/m0/s1. The summed E-state index contributed by atoms with van der Waals surface area (Å²) >= 11 is -1.87. The highest BCUT2D eigenvalue weighted by molar-refractivity contribution is 7.76. The smallest absolute Gasteiger partial charge is 0.234 e. The quantitative estimate of drug-likeness (QED) is 0.640. The van der Waals surface area contributed by atoms with Crippen LogP contribution in [0.25, 0.3) is 0 Å². The molecule has 4 nitrogen and oxygen atoms in total. The molecule has 1 N–H and O–H groups in total. The molecule has 0 saturated carbocycles. The van der Waals surface area contributed by atoms with Crippen molar-refractivity contribution in [2.75, 3.05) is 19.7 Å². The van der Waals surface area contributed by atoms with E-state index < -0.39 is 11.3 Å². The Kier molecular flexibility index (Phi) is 6.55. The number of rotatable bonds is 6. The van der Waals surface area contributed by atoms with Crippen LogP contribution in [0.3, 0.4) is 0 Å². The van der Waals surface area contributed by atoms with Gasteiger partial charge in [-0.1, -0.05) is 6.92 Å². The van der Waals surface area contributed by atoms with E-state index in [2.05, 4.69) is 0 Å². The van der Waals surface area contributed by atoms with Gasteiger partial charge in [-0.2, -0.15) is 4.31 Å². The molecule has 0 radical (unpaired) electrons. The maximum atomic E-state index is 10.7.